The smallest absolute Gasteiger partial charge is 0.169 e. The first-order chi connectivity index (χ1) is 9.06. The molecule has 1 spiro atoms. The molecule has 19 heavy (non-hydrogen) atoms. The van der Waals surface area contributed by atoms with Crippen molar-refractivity contribution >= 4 is 11.8 Å². The Bertz CT molecular complexity index is 279. The van der Waals surface area contributed by atoms with Crippen LogP contribution in [-0.4, -0.2) is 42.1 Å². The second-order valence-corrected chi connectivity index (χ2v) is 7.76. The molecule has 3 atom stereocenters. The second-order valence-electron chi connectivity index (χ2n) is 6.14. The molecular weight excluding hydrogens is 258 g/mol. The fourth-order valence-corrected chi connectivity index (χ4v) is 4.58. The lowest BCUT2D eigenvalue weighted by Crippen LogP contribution is -2.50. The molecule has 2 aliphatic rings. The van der Waals surface area contributed by atoms with Crippen LogP contribution in [-0.2, 0) is 9.47 Å². The number of ether oxygens (including phenoxy) is 2. The highest BCUT2D eigenvalue weighted by Gasteiger charge is 2.45. The minimum Gasteiger partial charge on any atom is -0.347 e. The minimum atomic E-state index is -0.264. The number of thioether (sulfide) groups is 1. The Morgan fingerprint density at radius 2 is 1.95 bits per heavy atom. The molecular formula is C15H29NO2S. The molecule has 1 heterocycles. The first-order valence-corrected chi connectivity index (χ1v) is 8.67. The summed E-state index contributed by atoms with van der Waals surface area (Å²) in [6, 6.07) is 0.606. The van der Waals surface area contributed by atoms with Crippen molar-refractivity contribution < 1.29 is 9.47 Å². The van der Waals surface area contributed by atoms with Gasteiger partial charge in [-0.2, -0.15) is 11.8 Å². The number of hydrogen-bond acceptors (Lipinski definition) is 4. The first kappa shape index (κ1) is 15.6. The molecule has 0 aromatic rings. The van der Waals surface area contributed by atoms with E-state index >= 15 is 0 Å². The van der Waals surface area contributed by atoms with Crippen LogP contribution in [0, 0.1) is 5.92 Å². The summed E-state index contributed by atoms with van der Waals surface area (Å²) in [4.78, 5) is 0. The Morgan fingerprint density at radius 3 is 2.53 bits per heavy atom. The van der Waals surface area contributed by atoms with Gasteiger partial charge in [0, 0.05) is 29.4 Å². The topological polar surface area (TPSA) is 30.5 Å². The van der Waals surface area contributed by atoms with Crippen molar-refractivity contribution in [3.8, 4) is 0 Å². The number of nitrogens with one attached hydrogen (secondary N) is 1. The third-order valence-corrected chi connectivity index (χ3v) is 6.22. The number of rotatable bonds is 5. The Balaban J connectivity index is 1.99. The normalized spacial score (nSPS) is 32.1. The SMILES string of the molecule is CCNC1CCC2(CC1SC(C)C(C)C)OCCO2. The van der Waals surface area contributed by atoms with Crippen LogP contribution in [0.25, 0.3) is 0 Å². The summed E-state index contributed by atoms with van der Waals surface area (Å²) in [7, 11) is 0. The van der Waals surface area contributed by atoms with Crippen molar-refractivity contribution in [2.75, 3.05) is 19.8 Å². The molecule has 1 aliphatic heterocycles. The Hall–Kier alpha value is 0.230. The van der Waals surface area contributed by atoms with Gasteiger partial charge in [0.15, 0.2) is 5.79 Å². The molecule has 0 amide bonds. The molecule has 3 unspecified atom stereocenters. The standard InChI is InChI=1S/C15H29NO2S/c1-5-16-13-6-7-15(17-8-9-18-15)10-14(13)19-12(4)11(2)3/h11-14,16H,5-10H2,1-4H3. The van der Waals surface area contributed by atoms with E-state index in [1.54, 1.807) is 0 Å². The van der Waals surface area contributed by atoms with E-state index in [0.717, 1.165) is 44.9 Å². The third kappa shape index (κ3) is 3.87. The van der Waals surface area contributed by atoms with Crippen LogP contribution in [0.1, 0.15) is 47.0 Å². The average molecular weight is 287 g/mol. The second kappa shape index (κ2) is 6.79. The average Bonchev–Trinajstić information content (AvgIpc) is 2.81. The molecule has 0 aromatic heterocycles. The minimum absolute atomic E-state index is 0.264. The molecule has 1 saturated carbocycles. The van der Waals surface area contributed by atoms with E-state index in [4.69, 9.17) is 9.47 Å². The lowest BCUT2D eigenvalue weighted by Gasteiger charge is -2.42. The fraction of sp³-hybridized carbons (Fsp3) is 1.00. The summed E-state index contributed by atoms with van der Waals surface area (Å²) in [6.07, 6.45) is 3.24. The van der Waals surface area contributed by atoms with E-state index < -0.39 is 0 Å². The van der Waals surface area contributed by atoms with E-state index in [1.165, 1.54) is 0 Å². The quantitative estimate of drug-likeness (QED) is 0.842. The molecule has 0 radical (unpaired) electrons. The van der Waals surface area contributed by atoms with E-state index in [1.807, 2.05) is 0 Å². The van der Waals surface area contributed by atoms with Crippen LogP contribution >= 0.6 is 11.8 Å². The number of hydrogen-bond donors (Lipinski definition) is 1. The van der Waals surface area contributed by atoms with Gasteiger partial charge < -0.3 is 14.8 Å². The maximum atomic E-state index is 5.92. The van der Waals surface area contributed by atoms with Crippen molar-refractivity contribution in [3.05, 3.63) is 0 Å². The highest BCUT2D eigenvalue weighted by Crippen LogP contribution is 2.42. The van der Waals surface area contributed by atoms with Crippen LogP contribution in [0.5, 0.6) is 0 Å². The highest BCUT2D eigenvalue weighted by atomic mass is 32.2. The molecule has 0 aromatic carbocycles. The maximum Gasteiger partial charge on any atom is 0.169 e. The van der Waals surface area contributed by atoms with Gasteiger partial charge in [-0.05, 0) is 18.9 Å². The van der Waals surface area contributed by atoms with E-state index in [9.17, 15) is 0 Å². The summed E-state index contributed by atoms with van der Waals surface area (Å²) in [6.45, 7) is 11.7. The van der Waals surface area contributed by atoms with Crippen LogP contribution in [0.15, 0.2) is 0 Å². The van der Waals surface area contributed by atoms with Gasteiger partial charge in [-0.3, -0.25) is 0 Å². The van der Waals surface area contributed by atoms with E-state index in [0.29, 0.717) is 16.5 Å². The van der Waals surface area contributed by atoms with Crippen molar-refractivity contribution in [2.24, 2.45) is 5.92 Å². The van der Waals surface area contributed by atoms with Gasteiger partial charge in [-0.25, -0.2) is 0 Å². The molecule has 112 valence electrons. The van der Waals surface area contributed by atoms with Gasteiger partial charge in [0.25, 0.3) is 0 Å². The fourth-order valence-electron chi connectivity index (χ4n) is 2.94. The summed E-state index contributed by atoms with van der Waals surface area (Å²) in [5, 5.41) is 4.94. The zero-order valence-corrected chi connectivity index (χ0v) is 13.6. The third-order valence-electron chi connectivity index (χ3n) is 4.41. The molecule has 1 saturated heterocycles. The van der Waals surface area contributed by atoms with Crippen molar-refractivity contribution in [1.82, 2.24) is 5.32 Å². The van der Waals surface area contributed by atoms with Gasteiger partial charge >= 0.3 is 0 Å². The first-order valence-electron chi connectivity index (χ1n) is 7.73. The monoisotopic (exact) mass is 287 g/mol. The Kier molecular flexibility index (Phi) is 5.58. The van der Waals surface area contributed by atoms with E-state index in [-0.39, 0.29) is 5.79 Å². The summed E-state index contributed by atoms with van der Waals surface area (Å²) < 4.78 is 11.8. The lowest BCUT2D eigenvalue weighted by molar-refractivity contribution is -0.178. The predicted octanol–water partition coefficient (Wildman–Crippen LogP) is 3.04. The van der Waals surface area contributed by atoms with Gasteiger partial charge in [-0.1, -0.05) is 27.7 Å². The largest absolute Gasteiger partial charge is 0.347 e. The highest BCUT2D eigenvalue weighted by molar-refractivity contribution is 8.00. The van der Waals surface area contributed by atoms with Crippen LogP contribution in [0.3, 0.4) is 0 Å². The Morgan fingerprint density at radius 1 is 1.26 bits per heavy atom. The molecule has 3 nitrogen and oxygen atoms in total. The van der Waals surface area contributed by atoms with Gasteiger partial charge in [0.2, 0.25) is 0 Å². The maximum absolute atomic E-state index is 5.92. The lowest BCUT2D eigenvalue weighted by atomic mass is 9.89. The van der Waals surface area contributed by atoms with Crippen LogP contribution in [0.2, 0.25) is 0 Å². The molecule has 4 heteroatoms. The zero-order valence-electron chi connectivity index (χ0n) is 12.8. The van der Waals surface area contributed by atoms with Crippen molar-refractivity contribution in [3.63, 3.8) is 0 Å². The summed E-state index contributed by atoms with van der Waals surface area (Å²) in [5.74, 6) is 0.455. The molecule has 2 rings (SSSR count). The van der Waals surface area contributed by atoms with Crippen molar-refractivity contribution in [2.45, 2.75) is 69.3 Å². The molecule has 1 N–H and O–H groups in total. The zero-order chi connectivity index (χ0) is 13.9. The van der Waals surface area contributed by atoms with Gasteiger partial charge in [-0.15, -0.1) is 0 Å². The van der Waals surface area contributed by atoms with Crippen molar-refractivity contribution in [1.29, 1.82) is 0 Å². The van der Waals surface area contributed by atoms with Crippen LogP contribution < -0.4 is 5.32 Å². The molecule has 2 fully saturated rings. The van der Waals surface area contributed by atoms with Gasteiger partial charge in [0.05, 0.1) is 13.2 Å². The summed E-state index contributed by atoms with van der Waals surface area (Å²) in [5.41, 5.74) is 0. The van der Waals surface area contributed by atoms with Gasteiger partial charge in [0.1, 0.15) is 0 Å². The summed E-state index contributed by atoms with van der Waals surface area (Å²) >= 11 is 2.11. The molecule has 1 aliphatic carbocycles. The van der Waals surface area contributed by atoms with E-state index in [2.05, 4.69) is 44.8 Å². The predicted molar refractivity (Wildman–Crippen MR) is 81.6 cm³/mol. The van der Waals surface area contributed by atoms with Crippen LogP contribution in [0.4, 0.5) is 0 Å². The Labute approximate surface area is 122 Å². The molecule has 0 bridgehead atoms.